The number of nitrogens with zero attached hydrogens (tertiary/aromatic N) is 2. The highest BCUT2D eigenvalue weighted by Crippen LogP contribution is 2.26. The molecule has 0 spiro atoms. The van der Waals surface area contributed by atoms with Gasteiger partial charge in [0.15, 0.2) is 5.76 Å². The third-order valence-electron chi connectivity index (χ3n) is 2.22. The molecule has 0 radical (unpaired) electrons. The highest BCUT2D eigenvalue weighted by molar-refractivity contribution is 8.00. The van der Waals surface area contributed by atoms with E-state index in [0.29, 0.717) is 16.9 Å². The van der Waals surface area contributed by atoms with Crippen LogP contribution in [0.15, 0.2) is 32.5 Å². The maximum absolute atomic E-state index is 11.8. The zero-order valence-corrected chi connectivity index (χ0v) is 11.7. The Bertz CT molecular complexity index is 536. The molecule has 0 bridgehead atoms. The van der Waals surface area contributed by atoms with Crippen molar-refractivity contribution in [2.45, 2.75) is 37.3 Å². The van der Waals surface area contributed by atoms with Crippen molar-refractivity contribution in [1.82, 2.24) is 15.5 Å². The number of amides is 1. The quantitative estimate of drug-likeness (QED) is 0.847. The number of nitrogens with one attached hydrogen (secondary N) is 1. The molecular formula is C12H15N3O3S. The lowest BCUT2D eigenvalue weighted by Crippen LogP contribution is -2.35. The molecule has 2 aromatic heterocycles. The minimum atomic E-state index is -0.299. The average Bonchev–Trinajstić information content (AvgIpc) is 2.96. The second-order valence-electron chi connectivity index (χ2n) is 4.27. The van der Waals surface area contributed by atoms with Crippen LogP contribution in [0.3, 0.4) is 0 Å². The molecule has 102 valence electrons. The topological polar surface area (TPSA) is 81.2 Å². The van der Waals surface area contributed by atoms with Crippen molar-refractivity contribution in [1.29, 1.82) is 0 Å². The van der Waals surface area contributed by atoms with Gasteiger partial charge < -0.3 is 14.2 Å². The number of carbonyl (C=O) groups is 1. The molecule has 0 aromatic carbocycles. The van der Waals surface area contributed by atoms with Crippen LogP contribution >= 0.6 is 11.8 Å². The predicted octanol–water partition coefficient (Wildman–Crippen LogP) is 2.33. The number of hydrogen-bond donors (Lipinski definition) is 1. The molecule has 1 N–H and O–H groups in total. The van der Waals surface area contributed by atoms with Gasteiger partial charge in [0, 0.05) is 6.04 Å². The minimum Gasteiger partial charge on any atom is -0.459 e. The first-order valence-electron chi connectivity index (χ1n) is 5.90. The number of hydrogen-bond acceptors (Lipinski definition) is 6. The summed E-state index contributed by atoms with van der Waals surface area (Å²) >= 11 is 1.22. The summed E-state index contributed by atoms with van der Waals surface area (Å²) in [5, 5.41) is 10.6. The van der Waals surface area contributed by atoms with Crippen LogP contribution in [-0.2, 0) is 4.79 Å². The number of rotatable bonds is 5. The molecule has 19 heavy (non-hydrogen) atoms. The van der Waals surface area contributed by atoms with Crippen molar-refractivity contribution >= 4 is 17.7 Å². The first-order chi connectivity index (χ1) is 9.06. The Hall–Kier alpha value is -1.76. The Morgan fingerprint density at radius 3 is 2.79 bits per heavy atom. The molecule has 2 heterocycles. The van der Waals surface area contributed by atoms with Crippen molar-refractivity contribution < 1.29 is 13.6 Å². The van der Waals surface area contributed by atoms with Crippen molar-refractivity contribution in [3.8, 4) is 11.7 Å². The van der Waals surface area contributed by atoms with E-state index in [1.54, 1.807) is 19.1 Å². The zero-order valence-electron chi connectivity index (χ0n) is 10.9. The van der Waals surface area contributed by atoms with Crippen molar-refractivity contribution in [3.05, 3.63) is 18.4 Å². The summed E-state index contributed by atoms with van der Waals surface area (Å²) in [5.74, 6) is 0.764. The molecule has 7 heteroatoms. The Morgan fingerprint density at radius 2 is 2.16 bits per heavy atom. The van der Waals surface area contributed by atoms with Gasteiger partial charge in [-0.3, -0.25) is 4.79 Å². The van der Waals surface area contributed by atoms with Gasteiger partial charge in [-0.1, -0.05) is 11.8 Å². The zero-order chi connectivity index (χ0) is 13.8. The first-order valence-corrected chi connectivity index (χ1v) is 6.78. The lowest BCUT2D eigenvalue weighted by atomic mass is 10.3. The van der Waals surface area contributed by atoms with Crippen LogP contribution in [0.2, 0.25) is 0 Å². The second-order valence-corrected chi connectivity index (χ2v) is 5.57. The maximum Gasteiger partial charge on any atom is 0.284 e. The first kappa shape index (κ1) is 13.7. The Morgan fingerprint density at radius 1 is 1.37 bits per heavy atom. The van der Waals surface area contributed by atoms with Crippen LogP contribution in [-0.4, -0.2) is 27.4 Å². The second kappa shape index (κ2) is 5.92. The van der Waals surface area contributed by atoms with Crippen LogP contribution < -0.4 is 5.32 Å². The van der Waals surface area contributed by atoms with E-state index < -0.39 is 0 Å². The molecule has 2 rings (SSSR count). The van der Waals surface area contributed by atoms with Crippen molar-refractivity contribution in [2.75, 3.05) is 0 Å². The number of aromatic nitrogens is 2. The number of thioether (sulfide) groups is 1. The Kier molecular flexibility index (Phi) is 4.26. The summed E-state index contributed by atoms with van der Waals surface area (Å²) in [7, 11) is 0. The largest absolute Gasteiger partial charge is 0.459 e. The fourth-order valence-corrected chi connectivity index (χ4v) is 2.06. The monoisotopic (exact) mass is 281 g/mol. The van der Waals surface area contributed by atoms with Crippen LogP contribution in [0.25, 0.3) is 11.7 Å². The van der Waals surface area contributed by atoms with E-state index in [1.165, 1.54) is 18.0 Å². The van der Waals surface area contributed by atoms with Gasteiger partial charge in [-0.25, -0.2) is 0 Å². The average molecular weight is 281 g/mol. The molecule has 2 aromatic rings. The van der Waals surface area contributed by atoms with Gasteiger partial charge in [-0.05, 0) is 32.9 Å². The molecule has 1 amide bonds. The summed E-state index contributed by atoms with van der Waals surface area (Å²) in [6.07, 6.45) is 1.53. The van der Waals surface area contributed by atoms with E-state index >= 15 is 0 Å². The molecule has 6 nitrogen and oxygen atoms in total. The molecule has 1 atom stereocenters. The summed E-state index contributed by atoms with van der Waals surface area (Å²) in [4.78, 5) is 11.8. The summed E-state index contributed by atoms with van der Waals surface area (Å²) in [6, 6.07) is 3.58. The van der Waals surface area contributed by atoms with Gasteiger partial charge in [0.2, 0.25) is 5.91 Å². The maximum atomic E-state index is 11.8. The third-order valence-corrected chi connectivity index (χ3v) is 3.15. The summed E-state index contributed by atoms with van der Waals surface area (Å²) in [5.41, 5.74) is 0. The molecule has 0 unspecified atom stereocenters. The van der Waals surface area contributed by atoms with Gasteiger partial charge in [0.25, 0.3) is 11.1 Å². The van der Waals surface area contributed by atoms with E-state index in [1.807, 2.05) is 13.8 Å². The summed E-state index contributed by atoms with van der Waals surface area (Å²) < 4.78 is 10.6. The minimum absolute atomic E-state index is 0.0576. The van der Waals surface area contributed by atoms with Gasteiger partial charge in [0.1, 0.15) is 0 Å². The SMILES string of the molecule is CC(C)NC(=O)[C@H](C)Sc1nnc(-c2ccco2)o1. The van der Waals surface area contributed by atoms with Gasteiger partial charge >= 0.3 is 0 Å². The van der Waals surface area contributed by atoms with E-state index in [4.69, 9.17) is 8.83 Å². The molecule has 0 aliphatic carbocycles. The Balaban J connectivity index is 1.98. The van der Waals surface area contributed by atoms with Crippen molar-refractivity contribution in [2.24, 2.45) is 0 Å². The molecule has 0 aliphatic rings. The van der Waals surface area contributed by atoms with E-state index in [0.717, 1.165) is 0 Å². The van der Waals surface area contributed by atoms with Crippen LogP contribution in [0.4, 0.5) is 0 Å². The molecule has 0 saturated heterocycles. The number of carbonyl (C=O) groups excluding carboxylic acids is 1. The lowest BCUT2D eigenvalue weighted by Gasteiger charge is -2.12. The van der Waals surface area contributed by atoms with Crippen molar-refractivity contribution in [3.63, 3.8) is 0 Å². The smallest absolute Gasteiger partial charge is 0.284 e. The molecule has 0 aliphatic heterocycles. The summed E-state index contributed by atoms with van der Waals surface area (Å²) in [6.45, 7) is 5.62. The van der Waals surface area contributed by atoms with E-state index in [9.17, 15) is 4.79 Å². The highest BCUT2D eigenvalue weighted by atomic mass is 32.2. The molecular weight excluding hydrogens is 266 g/mol. The highest BCUT2D eigenvalue weighted by Gasteiger charge is 2.19. The standard InChI is InChI=1S/C12H15N3O3S/c1-7(2)13-10(16)8(3)19-12-15-14-11(18-12)9-5-4-6-17-9/h4-8H,1-3H3,(H,13,16)/t8-/m0/s1. The molecule has 0 fully saturated rings. The van der Waals surface area contributed by atoms with Crippen LogP contribution in [0, 0.1) is 0 Å². The lowest BCUT2D eigenvalue weighted by molar-refractivity contribution is -0.120. The predicted molar refractivity (Wildman–Crippen MR) is 70.6 cm³/mol. The fourth-order valence-electron chi connectivity index (χ4n) is 1.36. The Labute approximate surface area is 115 Å². The fraction of sp³-hybridized carbons (Fsp3) is 0.417. The molecule has 0 saturated carbocycles. The van der Waals surface area contributed by atoms with E-state index in [2.05, 4.69) is 15.5 Å². The number of furan rings is 1. The van der Waals surface area contributed by atoms with Gasteiger partial charge in [0.05, 0.1) is 11.5 Å². The van der Waals surface area contributed by atoms with Gasteiger partial charge in [-0.2, -0.15) is 0 Å². The van der Waals surface area contributed by atoms with Crippen LogP contribution in [0.5, 0.6) is 0 Å². The van der Waals surface area contributed by atoms with Gasteiger partial charge in [-0.15, -0.1) is 10.2 Å². The van der Waals surface area contributed by atoms with Crippen LogP contribution in [0.1, 0.15) is 20.8 Å². The third kappa shape index (κ3) is 3.60. The normalized spacial score (nSPS) is 12.6. The van der Waals surface area contributed by atoms with E-state index in [-0.39, 0.29) is 17.2 Å².